The van der Waals surface area contributed by atoms with Crippen molar-refractivity contribution in [3.05, 3.63) is 45.2 Å². The molecule has 34 heavy (non-hydrogen) atoms. The SMILES string of the molecule is CC1CC(C)CN(c2nc3ccccn3c(=O)c2C=C2SC(=S)N(C3CCS(=O)(=O)C3)C2=O)C1. The van der Waals surface area contributed by atoms with Gasteiger partial charge in [0, 0.05) is 19.3 Å². The molecule has 3 fully saturated rings. The highest BCUT2D eigenvalue weighted by molar-refractivity contribution is 8.26. The Kier molecular flexibility index (Phi) is 6.06. The first kappa shape index (κ1) is 23.5. The molecule has 0 spiro atoms. The maximum Gasteiger partial charge on any atom is 0.267 e. The highest BCUT2D eigenvalue weighted by Gasteiger charge is 2.42. The summed E-state index contributed by atoms with van der Waals surface area (Å²) in [6, 6.07) is 4.95. The summed E-state index contributed by atoms with van der Waals surface area (Å²) in [7, 11) is -3.17. The van der Waals surface area contributed by atoms with Gasteiger partial charge in [-0.05, 0) is 42.9 Å². The largest absolute Gasteiger partial charge is 0.355 e. The number of hydrogen-bond donors (Lipinski definition) is 0. The van der Waals surface area contributed by atoms with Gasteiger partial charge in [0.2, 0.25) is 0 Å². The molecule has 3 aliphatic rings. The van der Waals surface area contributed by atoms with Crippen LogP contribution in [0.25, 0.3) is 11.7 Å². The molecule has 3 unspecified atom stereocenters. The summed E-state index contributed by atoms with van der Waals surface area (Å²) in [6.45, 7) is 5.94. The van der Waals surface area contributed by atoms with E-state index in [2.05, 4.69) is 18.7 Å². The van der Waals surface area contributed by atoms with Crippen molar-refractivity contribution in [3.63, 3.8) is 0 Å². The Labute approximate surface area is 207 Å². The number of rotatable bonds is 3. The first-order valence-electron chi connectivity index (χ1n) is 11.4. The fraction of sp³-hybridized carbons (Fsp3) is 0.478. The molecule has 0 saturated carbocycles. The van der Waals surface area contributed by atoms with E-state index in [0.29, 0.717) is 44.5 Å². The van der Waals surface area contributed by atoms with Gasteiger partial charge in [0.15, 0.2) is 9.84 Å². The molecule has 0 aromatic carbocycles. The van der Waals surface area contributed by atoms with Gasteiger partial charge in [-0.1, -0.05) is 43.9 Å². The van der Waals surface area contributed by atoms with E-state index in [1.165, 1.54) is 9.30 Å². The lowest BCUT2D eigenvalue weighted by atomic mass is 9.91. The van der Waals surface area contributed by atoms with Gasteiger partial charge >= 0.3 is 0 Å². The zero-order valence-electron chi connectivity index (χ0n) is 19.0. The molecule has 8 nitrogen and oxygen atoms in total. The first-order valence-corrected chi connectivity index (χ1v) is 14.4. The Balaban J connectivity index is 1.59. The molecule has 0 N–H and O–H groups in total. The van der Waals surface area contributed by atoms with Crippen LogP contribution in [-0.2, 0) is 14.6 Å². The quantitative estimate of drug-likeness (QED) is 0.452. The predicted octanol–water partition coefficient (Wildman–Crippen LogP) is 2.57. The van der Waals surface area contributed by atoms with Crippen LogP contribution in [0.3, 0.4) is 0 Å². The van der Waals surface area contributed by atoms with Crippen molar-refractivity contribution >= 4 is 61.6 Å². The summed E-state index contributed by atoms with van der Waals surface area (Å²) >= 11 is 6.56. The molecule has 0 bridgehead atoms. The van der Waals surface area contributed by atoms with Crippen LogP contribution in [0.15, 0.2) is 34.1 Å². The van der Waals surface area contributed by atoms with Crippen molar-refractivity contribution in [3.8, 4) is 0 Å². The van der Waals surface area contributed by atoms with Crippen molar-refractivity contribution in [2.45, 2.75) is 32.7 Å². The van der Waals surface area contributed by atoms with Crippen molar-refractivity contribution in [1.82, 2.24) is 14.3 Å². The van der Waals surface area contributed by atoms with Gasteiger partial charge in [-0.15, -0.1) is 0 Å². The predicted molar refractivity (Wildman–Crippen MR) is 139 cm³/mol. The summed E-state index contributed by atoms with van der Waals surface area (Å²) in [5, 5.41) is 0. The topological polar surface area (TPSA) is 92.1 Å². The molecular weight excluding hydrogens is 492 g/mol. The Morgan fingerprint density at radius 3 is 2.59 bits per heavy atom. The second kappa shape index (κ2) is 8.76. The molecule has 0 aliphatic carbocycles. The lowest BCUT2D eigenvalue weighted by Crippen LogP contribution is -2.41. The third-order valence-corrected chi connectivity index (χ3v) is 9.67. The summed E-state index contributed by atoms with van der Waals surface area (Å²) in [4.78, 5) is 35.6. The van der Waals surface area contributed by atoms with Crippen LogP contribution < -0.4 is 10.5 Å². The van der Waals surface area contributed by atoms with Crippen LogP contribution in [0.1, 0.15) is 32.3 Å². The second-order valence-electron chi connectivity index (χ2n) is 9.54. The molecule has 3 atom stereocenters. The van der Waals surface area contributed by atoms with Crippen LogP contribution in [0.4, 0.5) is 5.82 Å². The second-order valence-corrected chi connectivity index (χ2v) is 13.4. The molecule has 0 radical (unpaired) electrons. The third kappa shape index (κ3) is 4.29. The Morgan fingerprint density at radius 2 is 1.91 bits per heavy atom. The highest BCUT2D eigenvalue weighted by Crippen LogP contribution is 2.37. The van der Waals surface area contributed by atoms with E-state index in [1.54, 1.807) is 24.4 Å². The van der Waals surface area contributed by atoms with Crippen molar-refractivity contribution in [2.75, 3.05) is 29.5 Å². The molecule has 3 saturated heterocycles. The minimum atomic E-state index is -3.17. The molecule has 2 aromatic heterocycles. The average Bonchev–Trinajstić information content (AvgIpc) is 3.26. The summed E-state index contributed by atoms with van der Waals surface area (Å²) in [5.74, 6) is 1.11. The number of piperidine rings is 1. The summed E-state index contributed by atoms with van der Waals surface area (Å²) in [5.41, 5.74) is 0.652. The molecule has 5 rings (SSSR count). The Bertz CT molecular complexity index is 1370. The van der Waals surface area contributed by atoms with Crippen LogP contribution in [-0.4, -0.2) is 63.6 Å². The number of hydrogen-bond acceptors (Lipinski definition) is 8. The third-order valence-electron chi connectivity index (χ3n) is 6.59. The average molecular weight is 519 g/mol. The number of sulfone groups is 1. The smallest absolute Gasteiger partial charge is 0.267 e. The highest BCUT2D eigenvalue weighted by atomic mass is 32.2. The molecule has 180 valence electrons. The number of nitrogens with zero attached hydrogens (tertiary/aromatic N) is 4. The van der Waals surface area contributed by atoms with E-state index in [4.69, 9.17) is 17.2 Å². The van der Waals surface area contributed by atoms with Gasteiger partial charge in [0.1, 0.15) is 15.8 Å². The molecular formula is C23H26N4O4S3. The monoisotopic (exact) mass is 518 g/mol. The lowest BCUT2D eigenvalue weighted by molar-refractivity contribution is -0.123. The van der Waals surface area contributed by atoms with Crippen LogP contribution in [0.2, 0.25) is 0 Å². The van der Waals surface area contributed by atoms with E-state index in [-0.39, 0.29) is 23.0 Å². The number of fused-ring (bicyclic) bond motifs is 1. The fourth-order valence-corrected chi connectivity index (χ4v) is 8.28. The number of pyridine rings is 1. The minimum absolute atomic E-state index is 0.0548. The first-order chi connectivity index (χ1) is 16.1. The van der Waals surface area contributed by atoms with Gasteiger partial charge in [-0.3, -0.25) is 18.9 Å². The van der Waals surface area contributed by atoms with Gasteiger partial charge < -0.3 is 4.90 Å². The van der Waals surface area contributed by atoms with Gasteiger partial charge in [0.05, 0.1) is 28.0 Å². The Hall–Kier alpha value is -2.24. The maximum atomic E-state index is 13.6. The van der Waals surface area contributed by atoms with Crippen molar-refractivity contribution in [2.24, 2.45) is 11.8 Å². The number of aromatic nitrogens is 2. The van der Waals surface area contributed by atoms with E-state index in [9.17, 15) is 18.0 Å². The zero-order chi connectivity index (χ0) is 24.2. The fourth-order valence-electron chi connectivity index (χ4n) is 5.20. The normalized spacial score (nSPS) is 28.4. The molecule has 3 aliphatic heterocycles. The van der Waals surface area contributed by atoms with Crippen LogP contribution in [0.5, 0.6) is 0 Å². The van der Waals surface area contributed by atoms with Crippen LogP contribution >= 0.6 is 24.0 Å². The minimum Gasteiger partial charge on any atom is -0.355 e. The van der Waals surface area contributed by atoms with Gasteiger partial charge in [-0.2, -0.15) is 0 Å². The summed E-state index contributed by atoms with van der Waals surface area (Å²) in [6.07, 6.45) is 4.75. The number of anilines is 1. The van der Waals surface area contributed by atoms with E-state index >= 15 is 0 Å². The van der Waals surface area contributed by atoms with E-state index < -0.39 is 15.9 Å². The zero-order valence-corrected chi connectivity index (χ0v) is 21.5. The van der Waals surface area contributed by atoms with Gasteiger partial charge in [-0.25, -0.2) is 13.4 Å². The molecule has 5 heterocycles. The number of amides is 1. The summed E-state index contributed by atoms with van der Waals surface area (Å²) < 4.78 is 25.7. The maximum absolute atomic E-state index is 13.6. The van der Waals surface area contributed by atoms with Crippen molar-refractivity contribution in [1.29, 1.82) is 0 Å². The van der Waals surface area contributed by atoms with E-state index in [1.807, 2.05) is 6.07 Å². The molecule has 2 aromatic rings. The molecule has 1 amide bonds. The van der Waals surface area contributed by atoms with Crippen molar-refractivity contribution < 1.29 is 13.2 Å². The number of thiocarbonyl (C=S) groups is 1. The molecule has 11 heteroatoms. The number of thioether (sulfide) groups is 1. The number of carbonyl (C=O) groups is 1. The standard InChI is InChI=1S/C23H26N4O4S3/c1-14-9-15(2)12-25(11-14)20-17(21(28)26-7-4-3-5-19(26)24-20)10-18-22(29)27(23(32)33-18)16-6-8-34(30,31)13-16/h3-5,7,10,14-16H,6,8-9,11-13H2,1-2H3. The lowest BCUT2D eigenvalue weighted by Gasteiger charge is -2.36. The van der Waals surface area contributed by atoms with Gasteiger partial charge in [0.25, 0.3) is 11.5 Å². The number of carbonyl (C=O) groups excluding carboxylic acids is 1. The Morgan fingerprint density at radius 1 is 1.18 bits per heavy atom. The van der Waals surface area contributed by atoms with E-state index in [0.717, 1.165) is 31.3 Å². The van der Waals surface area contributed by atoms with Crippen LogP contribution in [0, 0.1) is 11.8 Å².